The van der Waals surface area contributed by atoms with Gasteiger partial charge in [0, 0.05) is 6.52 Å². The van der Waals surface area contributed by atoms with Crippen molar-refractivity contribution in [3.05, 3.63) is 28.2 Å². The minimum Gasteiger partial charge on any atom is -0.480 e. The molecule has 1 aliphatic rings. The van der Waals surface area contributed by atoms with Gasteiger partial charge in [0.05, 0.1) is 20.7 Å². The number of aliphatic imine (C=N–C) groups is 1. The fourth-order valence-electron chi connectivity index (χ4n) is 1.20. The van der Waals surface area contributed by atoms with E-state index < -0.39 is 19.1 Å². The van der Waals surface area contributed by atoms with E-state index >= 15 is 0 Å². The van der Waals surface area contributed by atoms with E-state index in [0.717, 1.165) is 0 Å². The van der Waals surface area contributed by atoms with Gasteiger partial charge in [0.15, 0.2) is 13.2 Å². The molecule has 1 N–H and O–H groups in total. The Morgan fingerprint density at radius 1 is 1.62 bits per heavy atom. The topological polar surface area (TPSA) is 33.6 Å². The summed E-state index contributed by atoms with van der Waals surface area (Å²) in [6, 6.07) is 4.77. The highest BCUT2D eigenvalue weighted by Gasteiger charge is 2.17. The Labute approximate surface area is 110 Å². The molecule has 1 aliphatic heterocycles. The Morgan fingerprint density at radius 2 is 2.31 bits per heavy atom. The first-order valence-electron chi connectivity index (χ1n) is 6.68. The quantitative estimate of drug-likeness (QED) is 0.909. The maximum Gasteiger partial charge on any atom is 0.161 e. The molecule has 86 valence electrons. The lowest BCUT2D eigenvalue weighted by atomic mass is 10.3. The first-order valence-corrected chi connectivity index (χ1v) is 5.33. The molecule has 2 rings (SSSR count). The SMILES string of the molecule is [2H]C1N=C(C([2H])(C)Oc2c(Cl)cccc2Cl)N([2H])C1[2H]. The van der Waals surface area contributed by atoms with Crippen LogP contribution in [-0.2, 0) is 0 Å². The number of para-hydroxylation sites is 1. The van der Waals surface area contributed by atoms with Crippen LogP contribution >= 0.6 is 23.2 Å². The standard InChI is InChI=1S/C11H12Cl2N2O/c1-7(11-14-5-6-15-11)16-10-8(12)3-2-4-9(10)13/h2-4,7H,5-6H2,1H3,(H,14,15)/i5D,6D,7D/hD. The van der Waals surface area contributed by atoms with Crippen molar-refractivity contribution >= 4 is 29.0 Å². The molecule has 0 spiro atoms. The summed E-state index contributed by atoms with van der Waals surface area (Å²) in [4.78, 5) is 3.81. The number of halogens is 2. The molecule has 0 radical (unpaired) electrons. The van der Waals surface area contributed by atoms with Crippen LogP contribution in [0.5, 0.6) is 5.75 Å². The van der Waals surface area contributed by atoms with Crippen molar-refractivity contribution in [2.24, 2.45) is 4.99 Å². The van der Waals surface area contributed by atoms with Crippen molar-refractivity contribution in [2.45, 2.75) is 13.0 Å². The number of benzene rings is 1. The average molecular weight is 263 g/mol. The molecule has 3 nitrogen and oxygen atoms in total. The molecule has 0 fully saturated rings. The van der Waals surface area contributed by atoms with Gasteiger partial charge in [0.2, 0.25) is 0 Å². The third-order valence-corrected chi connectivity index (χ3v) is 2.54. The molecule has 0 saturated carbocycles. The van der Waals surface area contributed by atoms with Gasteiger partial charge in [-0.3, -0.25) is 4.99 Å². The first-order chi connectivity index (χ1) is 9.24. The smallest absolute Gasteiger partial charge is 0.161 e. The largest absolute Gasteiger partial charge is 0.480 e. The summed E-state index contributed by atoms with van der Waals surface area (Å²) in [6.07, 6.45) is -1.77. The van der Waals surface area contributed by atoms with E-state index in [1.54, 1.807) is 18.2 Å². The maximum absolute atomic E-state index is 8.17. The maximum atomic E-state index is 8.17. The van der Waals surface area contributed by atoms with Gasteiger partial charge in [-0.15, -0.1) is 0 Å². The predicted octanol–water partition coefficient (Wildman–Crippen LogP) is 2.76. The van der Waals surface area contributed by atoms with Gasteiger partial charge in [-0.05, 0) is 19.1 Å². The molecule has 0 aliphatic carbocycles. The monoisotopic (exact) mass is 262 g/mol. The van der Waals surface area contributed by atoms with Gasteiger partial charge in [0.1, 0.15) is 5.84 Å². The lowest BCUT2D eigenvalue weighted by Crippen LogP contribution is -2.33. The average Bonchev–Trinajstić information content (AvgIpc) is 2.63. The lowest BCUT2D eigenvalue weighted by Gasteiger charge is -2.16. The highest BCUT2D eigenvalue weighted by atomic mass is 35.5. The molecule has 0 aromatic heterocycles. The lowest BCUT2D eigenvalue weighted by molar-refractivity contribution is 0.284. The van der Waals surface area contributed by atoms with Crippen molar-refractivity contribution in [3.63, 3.8) is 0 Å². The van der Waals surface area contributed by atoms with Gasteiger partial charge < -0.3 is 10.0 Å². The van der Waals surface area contributed by atoms with Gasteiger partial charge in [0.25, 0.3) is 0 Å². The zero-order valence-electron chi connectivity index (χ0n) is 12.4. The third kappa shape index (κ3) is 2.42. The summed E-state index contributed by atoms with van der Waals surface area (Å²) in [5, 5.41) is 1.15. The van der Waals surface area contributed by atoms with Crippen LogP contribution in [0.3, 0.4) is 0 Å². The van der Waals surface area contributed by atoms with E-state index in [2.05, 4.69) is 4.99 Å². The van der Waals surface area contributed by atoms with Crippen LogP contribution in [-0.4, -0.2) is 25.0 Å². The number of nitrogens with one attached hydrogen (secondary N) is 1. The summed E-state index contributed by atoms with van der Waals surface area (Å²) in [6.45, 7) is -0.963. The van der Waals surface area contributed by atoms with E-state index in [4.69, 9.17) is 33.5 Å². The van der Waals surface area contributed by atoms with Crippen molar-refractivity contribution in [3.8, 4) is 5.75 Å². The number of hydrogen-bond acceptors (Lipinski definition) is 3. The molecule has 0 saturated heterocycles. The molecular weight excluding hydrogens is 247 g/mol. The van der Waals surface area contributed by atoms with Crippen LogP contribution in [0.15, 0.2) is 23.2 Å². The number of hydrogen-bond donors (Lipinski definition) is 1. The van der Waals surface area contributed by atoms with Gasteiger partial charge in [-0.25, -0.2) is 0 Å². The zero-order valence-corrected chi connectivity index (χ0v) is 9.96. The summed E-state index contributed by atoms with van der Waals surface area (Å²) in [7, 11) is 0. The number of nitrogens with zero attached hydrogens (tertiary/aromatic N) is 1. The zero-order chi connectivity index (χ0) is 15.1. The highest BCUT2D eigenvalue weighted by Crippen LogP contribution is 2.33. The molecule has 16 heavy (non-hydrogen) atoms. The number of amidine groups is 1. The van der Waals surface area contributed by atoms with Crippen LogP contribution in [0.2, 0.25) is 11.5 Å². The molecule has 1 aromatic rings. The summed E-state index contributed by atoms with van der Waals surface area (Å²) >= 11 is 11.9. The summed E-state index contributed by atoms with van der Waals surface area (Å²) in [5.74, 6) is -0.0205. The molecule has 5 heteroatoms. The highest BCUT2D eigenvalue weighted by molar-refractivity contribution is 6.37. The van der Waals surface area contributed by atoms with Gasteiger partial charge in [-0.1, -0.05) is 29.3 Å². The molecule has 1 aromatic carbocycles. The third-order valence-electron chi connectivity index (χ3n) is 1.95. The Bertz CT molecular complexity index is 535. The second-order valence-electron chi connectivity index (χ2n) is 3.09. The van der Waals surface area contributed by atoms with Crippen LogP contribution in [0.25, 0.3) is 0 Å². The molecule has 0 amide bonds. The minimum absolute atomic E-state index is 0.111. The Hall–Kier alpha value is -0.930. The fraction of sp³-hybridized carbons (Fsp3) is 0.364. The molecule has 1 heterocycles. The van der Waals surface area contributed by atoms with Gasteiger partial charge in [-0.2, -0.15) is 0 Å². The van der Waals surface area contributed by atoms with Gasteiger partial charge >= 0.3 is 0 Å². The van der Waals surface area contributed by atoms with Crippen LogP contribution in [0.4, 0.5) is 0 Å². The predicted molar refractivity (Wildman–Crippen MR) is 66.9 cm³/mol. The van der Waals surface area contributed by atoms with Crippen LogP contribution in [0, 0.1) is 0 Å². The van der Waals surface area contributed by atoms with E-state index in [-0.39, 0.29) is 21.6 Å². The Kier molecular flexibility index (Phi) is 2.28. The Balaban J connectivity index is 2.31. The molecule has 0 bridgehead atoms. The summed E-state index contributed by atoms with van der Waals surface area (Å²) in [5.41, 5.74) is 0. The molecular formula is C11H12Cl2N2O. The molecule has 3 unspecified atom stereocenters. The van der Waals surface area contributed by atoms with E-state index in [9.17, 15) is 0 Å². The van der Waals surface area contributed by atoms with E-state index in [1.165, 1.54) is 6.92 Å². The second kappa shape index (κ2) is 4.93. The van der Waals surface area contributed by atoms with Crippen molar-refractivity contribution in [1.29, 1.82) is 0 Å². The molecule has 3 atom stereocenters. The first kappa shape index (κ1) is 7.41. The second-order valence-corrected chi connectivity index (χ2v) is 3.90. The Morgan fingerprint density at radius 3 is 2.88 bits per heavy atom. The van der Waals surface area contributed by atoms with Crippen molar-refractivity contribution in [2.75, 3.05) is 13.0 Å². The summed E-state index contributed by atoms with van der Waals surface area (Å²) < 4.78 is 36.4. The van der Waals surface area contributed by atoms with E-state index in [1.807, 2.05) is 0 Å². The van der Waals surface area contributed by atoms with Crippen molar-refractivity contribution in [1.82, 2.24) is 5.31 Å². The van der Waals surface area contributed by atoms with Crippen molar-refractivity contribution < 1.29 is 10.3 Å². The minimum atomic E-state index is -1.77. The van der Waals surface area contributed by atoms with Crippen LogP contribution < -0.4 is 10.0 Å². The number of ether oxygens (including phenoxy) is 1. The number of rotatable bonds is 3. The fourth-order valence-corrected chi connectivity index (χ4v) is 1.68. The van der Waals surface area contributed by atoms with E-state index in [0.29, 0.717) is 5.31 Å². The normalized spacial score (nSPS) is 31.9. The van der Waals surface area contributed by atoms with Crippen LogP contribution in [0.1, 0.15) is 11.0 Å².